The van der Waals surface area contributed by atoms with Gasteiger partial charge in [0.1, 0.15) is 0 Å². The van der Waals surface area contributed by atoms with Gasteiger partial charge in [-0.05, 0) is 57.4 Å². The smallest absolute Gasteiger partial charge is 0.319 e. The normalized spacial score (nSPS) is 14.4. The zero-order valence-corrected chi connectivity index (χ0v) is 11.3. The lowest BCUT2D eigenvalue weighted by Gasteiger charge is -2.22. The molecule has 1 aromatic rings. The molecule has 4 heteroatoms. The number of amides is 2. The minimum atomic E-state index is -0.222. The van der Waals surface area contributed by atoms with Gasteiger partial charge in [0, 0.05) is 23.5 Å². The number of nitrogens with one attached hydrogen (secondary N) is 3. The summed E-state index contributed by atoms with van der Waals surface area (Å²) in [4.78, 5) is 11.8. The van der Waals surface area contributed by atoms with Crippen LogP contribution in [0.3, 0.4) is 0 Å². The highest BCUT2D eigenvalue weighted by molar-refractivity contribution is 5.90. The molecule has 0 aromatic heterocycles. The van der Waals surface area contributed by atoms with Crippen molar-refractivity contribution in [1.82, 2.24) is 5.32 Å². The summed E-state index contributed by atoms with van der Waals surface area (Å²) >= 11 is 0. The lowest BCUT2D eigenvalue weighted by molar-refractivity contribution is 0.244. The van der Waals surface area contributed by atoms with E-state index < -0.39 is 0 Å². The molecule has 1 aliphatic heterocycles. The highest BCUT2D eigenvalue weighted by Crippen LogP contribution is 2.25. The average Bonchev–Trinajstić information content (AvgIpc) is 2.26. The molecule has 0 spiro atoms. The third-order valence-electron chi connectivity index (χ3n) is 2.79. The monoisotopic (exact) mass is 247 g/mol. The standard InChI is InChI=1S/C14H21N3O/c1-14(2,3)17-13(18)16-11-6-7-12-10(9-11)5-4-8-15-12/h6-7,9,15H,4-5,8H2,1-3H3,(H2,16,17,18). The molecule has 2 amide bonds. The van der Waals surface area contributed by atoms with Crippen molar-refractivity contribution in [2.45, 2.75) is 39.2 Å². The summed E-state index contributed by atoms with van der Waals surface area (Å²) in [7, 11) is 0. The molecule has 0 atom stereocenters. The Morgan fingerprint density at radius 2 is 2.11 bits per heavy atom. The van der Waals surface area contributed by atoms with Gasteiger partial charge in [-0.3, -0.25) is 0 Å². The van der Waals surface area contributed by atoms with Crippen molar-refractivity contribution < 1.29 is 4.79 Å². The van der Waals surface area contributed by atoms with E-state index >= 15 is 0 Å². The molecule has 0 saturated heterocycles. The first kappa shape index (κ1) is 12.7. The zero-order chi connectivity index (χ0) is 13.2. The van der Waals surface area contributed by atoms with Crippen LogP contribution in [0.15, 0.2) is 18.2 Å². The van der Waals surface area contributed by atoms with Crippen molar-refractivity contribution in [3.05, 3.63) is 23.8 Å². The van der Waals surface area contributed by atoms with Crippen molar-refractivity contribution in [3.8, 4) is 0 Å². The second kappa shape index (κ2) is 4.88. The van der Waals surface area contributed by atoms with Gasteiger partial charge in [0.15, 0.2) is 0 Å². The number of hydrogen-bond acceptors (Lipinski definition) is 2. The molecule has 2 rings (SSSR count). The Labute approximate surface area is 108 Å². The molecule has 3 N–H and O–H groups in total. The lowest BCUT2D eigenvalue weighted by atomic mass is 10.0. The number of benzene rings is 1. The molecule has 0 bridgehead atoms. The first-order valence-corrected chi connectivity index (χ1v) is 6.40. The zero-order valence-electron chi connectivity index (χ0n) is 11.3. The van der Waals surface area contributed by atoms with Crippen LogP contribution in [0.1, 0.15) is 32.8 Å². The van der Waals surface area contributed by atoms with Gasteiger partial charge in [-0.2, -0.15) is 0 Å². The van der Waals surface area contributed by atoms with Gasteiger partial charge in [0.25, 0.3) is 0 Å². The molecular weight excluding hydrogens is 226 g/mol. The van der Waals surface area contributed by atoms with E-state index in [1.54, 1.807) is 0 Å². The van der Waals surface area contributed by atoms with Crippen molar-refractivity contribution in [3.63, 3.8) is 0 Å². The van der Waals surface area contributed by atoms with E-state index in [9.17, 15) is 4.79 Å². The molecule has 0 unspecified atom stereocenters. The first-order valence-electron chi connectivity index (χ1n) is 6.40. The average molecular weight is 247 g/mol. The number of carbonyl (C=O) groups excluding carboxylic acids is 1. The Kier molecular flexibility index (Phi) is 3.45. The molecule has 0 aliphatic carbocycles. The van der Waals surface area contributed by atoms with Crippen LogP contribution < -0.4 is 16.0 Å². The van der Waals surface area contributed by atoms with Gasteiger partial charge in [-0.25, -0.2) is 4.79 Å². The fourth-order valence-corrected chi connectivity index (χ4v) is 2.06. The minimum Gasteiger partial charge on any atom is -0.385 e. The molecule has 98 valence electrons. The van der Waals surface area contributed by atoms with Crippen LogP contribution in [0.2, 0.25) is 0 Å². The highest BCUT2D eigenvalue weighted by Gasteiger charge is 2.14. The van der Waals surface area contributed by atoms with Crippen LogP contribution in [0.25, 0.3) is 0 Å². The van der Waals surface area contributed by atoms with Crippen molar-refractivity contribution in [2.75, 3.05) is 17.2 Å². The molecule has 0 saturated carbocycles. The van der Waals surface area contributed by atoms with E-state index in [1.807, 2.05) is 39.0 Å². The summed E-state index contributed by atoms with van der Waals surface area (Å²) in [5.74, 6) is 0. The summed E-state index contributed by atoms with van der Waals surface area (Å²) in [6.07, 6.45) is 2.21. The predicted molar refractivity (Wildman–Crippen MR) is 75.2 cm³/mol. The quantitative estimate of drug-likeness (QED) is 0.714. The van der Waals surface area contributed by atoms with E-state index in [-0.39, 0.29) is 11.6 Å². The summed E-state index contributed by atoms with van der Waals surface area (Å²) in [6, 6.07) is 5.84. The molecule has 0 fully saturated rings. The van der Waals surface area contributed by atoms with Gasteiger partial charge < -0.3 is 16.0 Å². The van der Waals surface area contributed by atoms with Crippen LogP contribution in [0, 0.1) is 0 Å². The lowest BCUT2D eigenvalue weighted by Crippen LogP contribution is -2.43. The maximum Gasteiger partial charge on any atom is 0.319 e. The van der Waals surface area contributed by atoms with Crippen molar-refractivity contribution in [2.24, 2.45) is 0 Å². The number of aryl methyl sites for hydroxylation is 1. The van der Waals surface area contributed by atoms with E-state index in [0.29, 0.717) is 0 Å². The number of urea groups is 1. The van der Waals surface area contributed by atoms with Gasteiger partial charge in [-0.15, -0.1) is 0 Å². The third kappa shape index (κ3) is 3.39. The number of anilines is 2. The molecule has 4 nitrogen and oxygen atoms in total. The number of rotatable bonds is 1. The van der Waals surface area contributed by atoms with Crippen LogP contribution >= 0.6 is 0 Å². The van der Waals surface area contributed by atoms with E-state index in [1.165, 1.54) is 11.3 Å². The second-order valence-corrected chi connectivity index (χ2v) is 5.73. The third-order valence-corrected chi connectivity index (χ3v) is 2.79. The fraction of sp³-hybridized carbons (Fsp3) is 0.500. The molecule has 1 aliphatic rings. The van der Waals surface area contributed by atoms with Crippen LogP contribution in [0.4, 0.5) is 16.2 Å². The van der Waals surface area contributed by atoms with E-state index in [4.69, 9.17) is 0 Å². The maximum atomic E-state index is 11.8. The Morgan fingerprint density at radius 1 is 1.33 bits per heavy atom. The Balaban J connectivity index is 2.04. The topological polar surface area (TPSA) is 53.2 Å². The van der Waals surface area contributed by atoms with E-state index in [0.717, 1.165) is 25.1 Å². The number of carbonyl (C=O) groups is 1. The Morgan fingerprint density at radius 3 is 2.83 bits per heavy atom. The van der Waals surface area contributed by atoms with Gasteiger partial charge in [0.2, 0.25) is 0 Å². The summed E-state index contributed by atoms with van der Waals surface area (Å²) in [5.41, 5.74) is 3.08. The molecule has 1 heterocycles. The molecule has 0 radical (unpaired) electrons. The second-order valence-electron chi connectivity index (χ2n) is 5.73. The van der Waals surface area contributed by atoms with Crippen LogP contribution in [-0.4, -0.2) is 18.1 Å². The van der Waals surface area contributed by atoms with E-state index in [2.05, 4.69) is 16.0 Å². The van der Waals surface area contributed by atoms with Crippen LogP contribution in [0.5, 0.6) is 0 Å². The van der Waals surface area contributed by atoms with Gasteiger partial charge in [-0.1, -0.05) is 0 Å². The summed E-state index contributed by atoms with van der Waals surface area (Å²) < 4.78 is 0. The van der Waals surface area contributed by atoms with Gasteiger partial charge in [0.05, 0.1) is 0 Å². The summed E-state index contributed by atoms with van der Waals surface area (Å²) in [5, 5.41) is 9.11. The largest absolute Gasteiger partial charge is 0.385 e. The first-order chi connectivity index (χ1) is 8.44. The Hall–Kier alpha value is -1.71. The van der Waals surface area contributed by atoms with Crippen molar-refractivity contribution >= 4 is 17.4 Å². The van der Waals surface area contributed by atoms with Crippen LogP contribution in [-0.2, 0) is 6.42 Å². The van der Waals surface area contributed by atoms with Crippen molar-refractivity contribution in [1.29, 1.82) is 0 Å². The van der Waals surface area contributed by atoms with Gasteiger partial charge >= 0.3 is 6.03 Å². The highest BCUT2D eigenvalue weighted by atomic mass is 16.2. The predicted octanol–water partition coefficient (Wildman–Crippen LogP) is 2.96. The molecule has 18 heavy (non-hydrogen) atoms. The number of fused-ring (bicyclic) bond motifs is 1. The maximum absolute atomic E-state index is 11.8. The molecule has 1 aromatic carbocycles. The number of hydrogen-bond donors (Lipinski definition) is 3. The summed E-state index contributed by atoms with van der Waals surface area (Å²) in [6.45, 7) is 6.92. The Bertz CT molecular complexity index is 449. The fourth-order valence-electron chi connectivity index (χ4n) is 2.06. The SMILES string of the molecule is CC(C)(C)NC(=O)Nc1ccc2c(c1)CCCN2. The molecular formula is C14H21N3O. The minimum absolute atomic E-state index is 0.161.